The maximum atomic E-state index is 11.9. The molecule has 2 rings (SSSR count). The summed E-state index contributed by atoms with van der Waals surface area (Å²) in [5.41, 5.74) is 6.81. The summed E-state index contributed by atoms with van der Waals surface area (Å²) in [5, 5.41) is 7.97. The van der Waals surface area contributed by atoms with E-state index in [0.717, 1.165) is 41.9 Å². The highest BCUT2D eigenvalue weighted by atomic mass is 16.5. The van der Waals surface area contributed by atoms with Crippen LogP contribution in [0.1, 0.15) is 69.9 Å². The van der Waals surface area contributed by atoms with E-state index in [4.69, 9.17) is 9.47 Å². The summed E-state index contributed by atoms with van der Waals surface area (Å²) in [6.07, 6.45) is 7.99. The molecule has 0 saturated carbocycles. The molecule has 35 heavy (non-hydrogen) atoms. The molecule has 0 radical (unpaired) electrons. The molecule has 0 spiro atoms. The summed E-state index contributed by atoms with van der Waals surface area (Å²) in [6, 6.07) is 15.0. The molecule has 188 valence electrons. The second kappa shape index (κ2) is 16.9. The summed E-state index contributed by atoms with van der Waals surface area (Å²) < 4.78 is 11.1. The van der Waals surface area contributed by atoms with Gasteiger partial charge in [0.15, 0.2) is 0 Å². The third-order valence-electron chi connectivity index (χ3n) is 4.82. The van der Waals surface area contributed by atoms with Crippen LogP contribution in [0.15, 0.2) is 58.7 Å². The maximum absolute atomic E-state index is 11.9. The number of ether oxygens (including phenoxy) is 2. The molecule has 0 aliphatic rings. The number of hydrogen-bond acceptors (Lipinski definition) is 6. The number of amides is 2. The van der Waals surface area contributed by atoms with Gasteiger partial charge in [0.1, 0.15) is 11.5 Å². The van der Waals surface area contributed by atoms with Crippen LogP contribution in [0.4, 0.5) is 0 Å². The van der Waals surface area contributed by atoms with Gasteiger partial charge in [-0.05, 0) is 85.3 Å². The molecule has 2 aromatic rings. The van der Waals surface area contributed by atoms with Crippen LogP contribution in [0.5, 0.6) is 11.5 Å². The number of rotatable bonds is 16. The van der Waals surface area contributed by atoms with Crippen LogP contribution in [0.3, 0.4) is 0 Å². The Balaban J connectivity index is 1.53. The van der Waals surface area contributed by atoms with Gasteiger partial charge in [0.05, 0.1) is 25.6 Å². The maximum Gasteiger partial charge on any atom is 0.240 e. The number of nitrogens with zero attached hydrogens (tertiary/aromatic N) is 2. The van der Waals surface area contributed by atoms with Gasteiger partial charge in [-0.15, -0.1) is 0 Å². The van der Waals surface area contributed by atoms with E-state index in [1.165, 1.54) is 0 Å². The third kappa shape index (κ3) is 12.4. The van der Waals surface area contributed by atoms with E-state index in [0.29, 0.717) is 38.9 Å². The normalized spacial score (nSPS) is 11.0. The zero-order chi connectivity index (χ0) is 25.1. The van der Waals surface area contributed by atoms with E-state index in [9.17, 15) is 9.59 Å². The SMILES string of the molecule is CCCOc1ccc(C=NNC(=O)CCCCCC(=O)NN=Cc2ccc(OCCC)cc2)cc1. The molecule has 0 unspecified atom stereocenters. The molecule has 8 nitrogen and oxygen atoms in total. The predicted octanol–water partition coefficient (Wildman–Crippen LogP) is 4.82. The van der Waals surface area contributed by atoms with E-state index < -0.39 is 0 Å². The molecule has 8 heteroatoms. The highest BCUT2D eigenvalue weighted by Crippen LogP contribution is 2.12. The lowest BCUT2D eigenvalue weighted by atomic mass is 10.1. The zero-order valence-corrected chi connectivity index (χ0v) is 20.7. The number of carbonyl (C=O) groups is 2. The molecular formula is C27H36N4O4. The van der Waals surface area contributed by atoms with Crippen molar-refractivity contribution in [3.8, 4) is 11.5 Å². The predicted molar refractivity (Wildman–Crippen MR) is 139 cm³/mol. The molecule has 0 heterocycles. The van der Waals surface area contributed by atoms with E-state index in [1.807, 2.05) is 48.5 Å². The Hall–Kier alpha value is -3.68. The molecule has 2 N–H and O–H groups in total. The van der Waals surface area contributed by atoms with Crippen molar-refractivity contribution in [2.45, 2.75) is 58.8 Å². The molecule has 0 aromatic heterocycles. The minimum atomic E-state index is -0.149. The minimum absolute atomic E-state index is 0.149. The van der Waals surface area contributed by atoms with Crippen molar-refractivity contribution >= 4 is 24.2 Å². The van der Waals surface area contributed by atoms with Crippen molar-refractivity contribution in [1.29, 1.82) is 0 Å². The van der Waals surface area contributed by atoms with Crippen LogP contribution < -0.4 is 20.3 Å². The second-order valence-electron chi connectivity index (χ2n) is 7.98. The summed E-state index contributed by atoms with van der Waals surface area (Å²) in [4.78, 5) is 23.8. The van der Waals surface area contributed by atoms with Crippen molar-refractivity contribution < 1.29 is 19.1 Å². The van der Waals surface area contributed by atoms with Gasteiger partial charge >= 0.3 is 0 Å². The first-order chi connectivity index (χ1) is 17.1. The monoisotopic (exact) mass is 480 g/mol. The van der Waals surface area contributed by atoms with Gasteiger partial charge in [0.2, 0.25) is 11.8 Å². The number of carbonyl (C=O) groups excluding carboxylic acids is 2. The van der Waals surface area contributed by atoms with Crippen LogP contribution in [-0.4, -0.2) is 37.5 Å². The smallest absolute Gasteiger partial charge is 0.240 e. The first-order valence-corrected chi connectivity index (χ1v) is 12.2. The molecule has 0 saturated heterocycles. The number of hydrogen-bond donors (Lipinski definition) is 2. The van der Waals surface area contributed by atoms with Crippen molar-refractivity contribution in [2.24, 2.45) is 10.2 Å². The molecule has 0 atom stereocenters. The van der Waals surface area contributed by atoms with Crippen molar-refractivity contribution in [3.05, 3.63) is 59.7 Å². The third-order valence-corrected chi connectivity index (χ3v) is 4.82. The van der Waals surface area contributed by atoms with Crippen LogP contribution in [-0.2, 0) is 9.59 Å². The Bertz CT molecular complexity index is 863. The molecular weight excluding hydrogens is 444 g/mol. The number of nitrogens with one attached hydrogen (secondary N) is 2. The summed E-state index contributed by atoms with van der Waals surface area (Å²) in [7, 11) is 0. The Morgan fingerprint density at radius 3 is 1.46 bits per heavy atom. The minimum Gasteiger partial charge on any atom is -0.494 e. The molecule has 2 amide bonds. The Morgan fingerprint density at radius 2 is 1.09 bits per heavy atom. The molecule has 2 aromatic carbocycles. The van der Waals surface area contributed by atoms with Gasteiger partial charge in [-0.3, -0.25) is 9.59 Å². The lowest BCUT2D eigenvalue weighted by Gasteiger charge is -2.04. The average Bonchev–Trinajstić information content (AvgIpc) is 2.87. The average molecular weight is 481 g/mol. The largest absolute Gasteiger partial charge is 0.494 e. The highest BCUT2D eigenvalue weighted by Gasteiger charge is 2.02. The topological polar surface area (TPSA) is 101 Å². The lowest BCUT2D eigenvalue weighted by Crippen LogP contribution is -2.18. The highest BCUT2D eigenvalue weighted by molar-refractivity contribution is 5.83. The number of unbranched alkanes of at least 4 members (excludes halogenated alkanes) is 2. The van der Waals surface area contributed by atoms with Crippen LogP contribution in [0.2, 0.25) is 0 Å². The first-order valence-electron chi connectivity index (χ1n) is 12.2. The number of hydrazone groups is 2. The summed E-state index contributed by atoms with van der Waals surface area (Å²) in [5.74, 6) is 1.33. The van der Waals surface area contributed by atoms with Crippen molar-refractivity contribution in [2.75, 3.05) is 13.2 Å². The molecule has 0 aliphatic heterocycles. The fraction of sp³-hybridized carbons (Fsp3) is 0.407. The first kappa shape index (κ1) is 27.6. The van der Waals surface area contributed by atoms with Crippen LogP contribution in [0.25, 0.3) is 0 Å². The Morgan fingerprint density at radius 1 is 0.686 bits per heavy atom. The Kier molecular flexibility index (Phi) is 13.3. The summed E-state index contributed by atoms with van der Waals surface area (Å²) >= 11 is 0. The molecule has 0 aliphatic carbocycles. The van der Waals surface area contributed by atoms with E-state index in [2.05, 4.69) is 34.9 Å². The van der Waals surface area contributed by atoms with Gasteiger partial charge < -0.3 is 9.47 Å². The standard InChI is InChI=1S/C27H36N4O4/c1-3-18-34-24-14-10-22(11-15-24)20-28-30-26(32)8-6-5-7-9-27(33)31-29-21-23-12-16-25(17-13-23)35-19-4-2/h10-17,20-21H,3-9,18-19H2,1-2H3,(H,30,32)(H,31,33). The second-order valence-corrected chi connectivity index (χ2v) is 7.98. The zero-order valence-electron chi connectivity index (χ0n) is 20.7. The summed E-state index contributed by atoms with van der Waals surface area (Å²) in [6.45, 7) is 5.49. The van der Waals surface area contributed by atoms with Crippen LogP contribution >= 0.6 is 0 Å². The van der Waals surface area contributed by atoms with Gasteiger partial charge in [-0.25, -0.2) is 10.9 Å². The lowest BCUT2D eigenvalue weighted by molar-refractivity contribution is -0.121. The quantitative estimate of drug-likeness (QED) is 0.204. The van der Waals surface area contributed by atoms with E-state index in [-0.39, 0.29) is 11.8 Å². The fourth-order valence-electron chi connectivity index (χ4n) is 2.96. The van der Waals surface area contributed by atoms with E-state index >= 15 is 0 Å². The fourth-order valence-corrected chi connectivity index (χ4v) is 2.96. The van der Waals surface area contributed by atoms with Gasteiger partial charge in [0.25, 0.3) is 0 Å². The van der Waals surface area contributed by atoms with Gasteiger partial charge in [-0.1, -0.05) is 20.3 Å². The molecule has 0 bridgehead atoms. The van der Waals surface area contributed by atoms with Crippen LogP contribution in [0, 0.1) is 0 Å². The van der Waals surface area contributed by atoms with Crippen molar-refractivity contribution in [1.82, 2.24) is 10.9 Å². The van der Waals surface area contributed by atoms with Gasteiger partial charge in [-0.2, -0.15) is 10.2 Å². The van der Waals surface area contributed by atoms with Crippen molar-refractivity contribution in [3.63, 3.8) is 0 Å². The van der Waals surface area contributed by atoms with E-state index in [1.54, 1.807) is 12.4 Å². The molecule has 0 fully saturated rings. The van der Waals surface area contributed by atoms with Gasteiger partial charge in [0, 0.05) is 12.8 Å². The number of benzene rings is 2. The Labute approximate surface area is 207 Å².